The zero-order chi connectivity index (χ0) is 14.2. The van der Waals surface area contributed by atoms with Gasteiger partial charge in [0, 0.05) is 17.5 Å². The average Bonchev–Trinajstić information content (AvgIpc) is 2.69. The number of ether oxygens (including phenoxy) is 1. The number of fused-ring (bicyclic) bond motifs is 1. The van der Waals surface area contributed by atoms with Crippen LogP contribution in [0, 0.1) is 0 Å². The number of thiol groups is 1. The predicted octanol–water partition coefficient (Wildman–Crippen LogP) is 3.76. The fourth-order valence-electron chi connectivity index (χ4n) is 1.66. The van der Waals surface area contributed by atoms with E-state index in [2.05, 4.69) is 43.7 Å². The van der Waals surface area contributed by atoms with Gasteiger partial charge >= 0.3 is 0 Å². The quantitative estimate of drug-likeness (QED) is 0.652. The summed E-state index contributed by atoms with van der Waals surface area (Å²) < 4.78 is 11.5. The molecule has 0 aliphatic rings. The van der Waals surface area contributed by atoms with Crippen LogP contribution in [0.25, 0.3) is 11.1 Å². The molecule has 0 spiro atoms. The van der Waals surface area contributed by atoms with Crippen LogP contribution in [0.4, 0.5) is 5.69 Å². The maximum Gasteiger partial charge on any atom is 0.200 e. The second kappa shape index (κ2) is 5.02. The van der Waals surface area contributed by atoms with Crippen LogP contribution in [-0.4, -0.2) is 16.4 Å². The van der Waals surface area contributed by atoms with Crippen LogP contribution >= 0.6 is 24.8 Å². The molecule has 0 aliphatic carbocycles. The SMILES string of the molecule is COc1cc2nc(C(C)(C)C)oc2cc1NC(=S)S. The third-order valence-electron chi connectivity index (χ3n) is 2.59. The summed E-state index contributed by atoms with van der Waals surface area (Å²) in [5.74, 6) is 1.34. The second-order valence-corrected chi connectivity index (χ2v) is 6.38. The van der Waals surface area contributed by atoms with Crippen LogP contribution in [0.2, 0.25) is 0 Å². The van der Waals surface area contributed by atoms with E-state index in [9.17, 15) is 0 Å². The number of nitrogens with zero attached hydrogens (tertiary/aromatic N) is 1. The van der Waals surface area contributed by atoms with Gasteiger partial charge in [-0.15, -0.1) is 12.6 Å². The molecule has 1 aromatic carbocycles. The van der Waals surface area contributed by atoms with Crippen molar-refractivity contribution in [1.82, 2.24) is 4.98 Å². The van der Waals surface area contributed by atoms with Crippen molar-refractivity contribution in [1.29, 1.82) is 0 Å². The van der Waals surface area contributed by atoms with Crippen molar-refractivity contribution in [3.8, 4) is 5.75 Å². The van der Waals surface area contributed by atoms with E-state index in [4.69, 9.17) is 21.4 Å². The summed E-state index contributed by atoms with van der Waals surface area (Å²) >= 11 is 8.98. The highest BCUT2D eigenvalue weighted by Crippen LogP contribution is 2.33. The molecule has 0 bridgehead atoms. The van der Waals surface area contributed by atoms with Crippen LogP contribution in [0.5, 0.6) is 5.75 Å². The molecule has 1 heterocycles. The molecule has 1 N–H and O–H groups in total. The fourth-order valence-corrected chi connectivity index (χ4v) is 1.89. The Morgan fingerprint density at radius 1 is 1.42 bits per heavy atom. The first-order chi connectivity index (χ1) is 8.81. The molecule has 0 amide bonds. The molecule has 0 radical (unpaired) electrons. The third kappa shape index (κ3) is 3.01. The van der Waals surface area contributed by atoms with Crippen LogP contribution < -0.4 is 10.1 Å². The second-order valence-electron chi connectivity index (χ2n) is 5.22. The van der Waals surface area contributed by atoms with E-state index in [-0.39, 0.29) is 5.41 Å². The molecule has 1 aromatic heterocycles. The normalized spacial score (nSPS) is 11.6. The number of hydrogen-bond donors (Lipinski definition) is 2. The maximum atomic E-state index is 5.78. The van der Waals surface area contributed by atoms with E-state index in [0.717, 1.165) is 5.52 Å². The van der Waals surface area contributed by atoms with E-state index in [0.29, 0.717) is 27.2 Å². The molecular formula is C13H16N2O2S2. The Morgan fingerprint density at radius 3 is 2.63 bits per heavy atom. The molecule has 0 aliphatic heterocycles. The summed E-state index contributed by atoms with van der Waals surface area (Å²) in [5, 5.41) is 2.95. The number of hydrogen-bond acceptors (Lipinski definition) is 4. The minimum atomic E-state index is -0.140. The van der Waals surface area contributed by atoms with Gasteiger partial charge < -0.3 is 14.5 Å². The van der Waals surface area contributed by atoms with Gasteiger partial charge in [0.2, 0.25) is 5.89 Å². The number of thiocarbonyl (C=S) groups is 1. The highest BCUT2D eigenvalue weighted by molar-refractivity contribution is 8.11. The maximum absolute atomic E-state index is 5.78. The molecule has 0 atom stereocenters. The first kappa shape index (κ1) is 14.1. The van der Waals surface area contributed by atoms with Gasteiger partial charge in [0.15, 0.2) is 5.58 Å². The number of anilines is 1. The number of benzene rings is 1. The summed E-state index contributed by atoms with van der Waals surface area (Å²) in [4.78, 5) is 4.49. The third-order valence-corrected chi connectivity index (χ3v) is 2.81. The Labute approximate surface area is 122 Å². The van der Waals surface area contributed by atoms with E-state index in [1.165, 1.54) is 0 Å². The smallest absolute Gasteiger partial charge is 0.200 e. The lowest BCUT2D eigenvalue weighted by molar-refractivity contribution is 0.410. The van der Waals surface area contributed by atoms with Crippen LogP contribution in [0.15, 0.2) is 16.5 Å². The Balaban J connectivity index is 2.57. The molecule has 4 nitrogen and oxygen atoms in total. The number of oxazole rings is 1. The topological polar surface area (TPSA) is 47.3 Å². The number of aromatic nitrogens is 1. The molecule has 6 heteroatoms. The number of nitrogens with one attached hydrogen (secondary N) is 1. The number of rotatable bonds is 2. The Hall–Kier alpha value is -1.27. The summed E-state index contributed by atoms with van der Waals surface area (Å²) in [5.41, 5.74) is 2.03. The van der Waals surface area contributed by atoms with Gasteiger partial charge in [-0.3, -0.25) is 0 Å². The highest BCUT2D eigenvalue weighted by Gasteiger charge is 2.21. The van der Waals surface area contributed by atoms with Crippen LogP contribution in [-0.2, 0) is 5.41 Å². The Morgan fingerprint density at radius 2 is 2.11 bits per heavy atom. The Bertz CT molecular complexity index is 629. The monoisotopic (exact) mass is 296 g/mol. The standard InChI is InChI=1S/C13H16N2O2S2/c1-13(2,3)11-14-8-5-9(16-4)7(15-12(18)19)6-10(8)17-11/h5-6H,1-4H3,(H2,15,18,19). The molecule has 0 unspecified atom stereocenters. The zero-order valence-electron chi connectivity index (χ0n) is 11.3. The van der Waals surface area contributed by atoms with Crippen molar-refractivity contribution in [2.45, 2.75) is 26.2 Å². The minimum Gasteiger partial charge on any atom is -0.494 e. The van der Waals surface area contributed by atoms with Gasteiger partial charge in [-0.25, -0.2) is 4.98 Å². The molecule has 102 valence electrons. The summed E-state index contributed by atoms with van der Waals surface area (Å²) in [6.45, 7) is 6.16. The van der Waals surface area contributed by atoms with Crippen molar-refractivity contribution in [3.63, 3.8) is 0 Å². The highest BCUT2D eigenvalue weighted by atomic mass is 32.1. The van der Waals surface area contributed by atoms with E-state index < -0.39 is 0 Å². The number of methoxy groups -OCH3 is 1. The van der Waals surface area contributed by atoms with Crippen LogP contribution in [0.3, 0.4) is 0 Å². The molecule has 0 saturated carbocycles. The van der Waals surface area contributed by atoms with Crippen molar-refractivity contribution in [2.75, 3.05) is 12.4 Å². The largest absolute Gasteiger partial charge is 0.494 e. The summed E-state index contributed by atoms with van der Waals surface area (Å²) in [6, 6.07) is 3.64. The van der Waals surface area contributed by atoms with Gasteiger partial charge in [0.05, 0.1) is 12.8 Å². The first-order valence-electron chi connectivity index (χ1n) is 5.80. The summed E-state index contributed by atoms with van der Waals surface area (Å²) in [6.07, 6.45) is 0. The molecule has 19 heavy (non-hydrogen) atoms. The van der Waals surface area contributed by atoms with E-state index in [1.807, 2.05) is 12.1 Å². The lowest BCUT2D eigenvalue weighted by Crippen LogP contribution is -2.10. The minimum absolute atomic E-state index is 0.140. The average molecular weight is 296 g/mol. The van der Waals surface area contributed by atoms with Crippen molar-refractivity contribution >= 4 is 46.0 Å². The van der Waals surface area contributed by atoms with Gasteiger partial charge in [0.25, 0.3) is 0 Å². The first-order valence-corrected chi connectivity index (χ1v) is 6.66. The molecular weight excluding hydrogens is 280 g/mol. The van der Waals surface area contributed by atoms with Crippen molar-refractivity contribution in [2.24, 2.45) is 0 Å². The predicted molar refractivity (Wildman–Crippen MR) is 84.5 cm³/mol. The van der Waals surface area contributed by atoms with Gasteiger partial charge in [0.1, 0.15) is 15.6 Å². The van der Waals surface area contributed by atoms with Crippen LogP contribution in [0.1, 0.15) is 26.7 Å². The molecule has 2 aromatic rings. The van der Waals surface area contributed by atoms with E-state index >= 15 is 0 Å². The van der Waals surface area contributed by atoms with Gasteiger partial charge in [-0.05, 0) is 0 Å². The van der Waals surface area contributed by atoms with Gasteiger partial charge in [-0.1, -0.05) is 33.0 Å². The zero-order valence-corrected chi connectivity index (χ0v) is 13.0. The van der Waals surface area contributed by atoms with Crippen molar-refractivity contribution in [3.05, 3.63) is 18.0 Å². The van der Waals surface area contributed by atoms with Crippen molar-refractivity contribution < 1.29 is 9.15 Å². The molecule has 0 saturated heterocycles. The fraction of sp³-hybridized carbons (Fsp3) is 0.385. The molecule has 2 rings (SSSR count). The lowest BCUT2D eigenvalue weighted by atomic mass is 9.97. The van der Waals surface area contributed by atoms with Gasteiger partial charge in [-0.2, -0.15) is 0 Å². The Kier molecular flexibility index (Phi) is 3.73. The lowest BCUT2D eigenvalue weighted by Gasteiger charge is -2.11. The van der Waals surface area contributed by atoms with E-state index in [1.54, 1.807) is 7.11 Å². The molecule has 0 fully saturated rings. The summed E-state index contributed by atoms with van der Waals surface area (Å²) in [7, 11) is 1.60.